The van der Waals surface area contributed by atoms with Gasteiger partial charge in [0, 0.05) is 19.1 Å². The molecule has 2 nitrogen and oxygen atoms in total. The van der Waals surface area contributed by atoms with Crippen molar-refractivity contribution in [2.24, 2.45) is 0 Å². The fraction of sp³-hybridized carbons (Fsp3) is 0.500. The van der Waals surface area contributed by atoms with Gasteiger partial charge in [0.05, 0.1) is 11.2 Å². The highest BCUT2D eigenvalue weighted by molar-refractivity contribution is 5.96. The molecule has 1 aromatic rings. The topological polar surface area (TPSA) is 26.3 Å². The molecule has 0 amide bonds. The van der Waals surface area contributed by atoms with Crippen molar-refractivity contribution in [2.75, 3.05) is 7.11 Å². The van der Waals surface area contributed by atoms with Gasteiger partial charge in [0.2, 0.25) is 0 Å². The lowest BCUT2D eigenvalue weighted by Crippen LogP contribution is -2.41. The second-order valence-corrected chi connectivity index (χ2v) is 4.92. The van der Waals surface area contributed by atoms with Crippen molar-refractivity contribution in [3.63, 3.8) is 0 Å². The zero-order valence-corrected chi connectivity index (χ0v) is 10.6. The molecule has 1 aliphatic carbocycles. The van der Waals surface area contributed by atoms with Crippen molar-refractivity contribution in [1.29, 1.82) is 0 Å². The van der Waals surface area contributed by atoms with E-state index in [1.807, 2.05) is 0 Å². The molecule has 0 unspecified atom stereocenters. The number of Topliss-reactive ketones (excluding diaryl/α,β-unsaturated/α-hetero) is 1. The first-order valence-corrected chi connectivity index (χ1v) is 6.12. The molecule has 5 heteroatoms. The smallest absolute Gasteiger partial charge is 0.378 e. The summed E-state index contributed by atoms with van der Waals surface area (Å²) in [6.45, 7) is 0. The molecule has 0 spiro atoms. The van der Waals surface area contributed by atoms with E-state index in [1.54, 1.807) is 7.11 Å². The SMILES string of the molecule is COC1(CC(=O)c2ccc(C(F)(F)F)cc2)CCC1. The summed E-state index contributed by atoms with van der Waals surface area (Å²) >= 11 is 0. The van der Waals surface area contributed by atoms with E-state index >= 15 is 0 Å². The summed E-state index contributed by atoms with van der Waals surface area (Å²) in [6.07, 6.45) is -1.46. The first-order chi connectivity index (χ1) is 8.86. The van der Waals surface area contributed by atoms with Crippen molar-refractivity contribution in [1.82, 2.24) is 0 Å². The van der Waals surface area contributed by atoms with Crippen molar-refractivity contribution in [3.05, 3.63) is 35.4 Å². The molecular weight excluding hydrogens is 257 g/mol. The van der Waals surface area contributed by atoms with Gasteiger partial charge < -0.3 is 4.74 Å². The molecule has 0 heterocycles. The maximum atomic E-state index is 12.4. The second kappa shape index (κ2) is 4.96. The Balaban J connectivity index is 2.08. The van der Waals surface area contributed by atoms with Gasteiger partial charge in [-0.1, -0.05) is 12.1 Å². The van der Waals surface area contributed by atoms with E-state index in [2.05, 4.69) is 0 Å². The maximum Gasteiger partial charge on any atom is 0.416 e. The summed E-state index contributed by atoms with van der Waals surface area (Å²) in [6, 6.07) is 4.33. The van der Waals surface area contributed by atoms with Gasteiger partial charge in [0.1, 0.15) is 0 Å². The van der Waals surface area contributed by atoms with Gasteiger partial charge in [0.15, 0.2) is 5.78 Å². The van der Waals surface area contributed by atoms with E-state index in [1.165, 1.54) is 12.1 Å². The molecule has 1 aromatic carbocycles. The normalized spacial score (nSPS) is 17.9. The number of benzene rings is 1. The molecule has 0 N–H and O–H groups in total. The van der Waals surface area contributed by atoms with Crippen LogP contribution in [-0.4, -0.2) is 18.5 Å². The summed E-state index contributed by atoms with van der Waals surface area (Å²) in [5.41, 5.74) is -0.842. The molecule has 19 heavy (non-hydrogen) atoms. The quantitative estimate of drug-likeness (QED) is 0.778. The van der Waals surface area contributed by atoms with E-state index in [-0.39, 0.29) is 12.2 Å². The van der Waals surface area contributed by atoms with Crippen LogP contribution in [0.2, 0.25) is 0 Å². The highest BCUT2D eigenvalue weighted by atomic mass is 19.4. The molecule has 1 fully saturated rings. The third kappa shape index (κ3) is 2.97. The molecule has 1 saturated carbocycles. The Morgan fingerprint density at radius 1 is 1.26 bits per heavy atom. The van der Waals surface area contributed by atoms with Crippen molar-refractivity contribution < 1.29 is 22.7 Å². The summed E-state index contributed by atoms with van der Waals surface area (Å²) < 4.78 is 42.6. The van der Waals surface area contributed by atoms with E-state index < -0.39 is 17.3 Å². The third-order valence-electron chi connectivity index (χ3n) is 3.71. The number of hydrogen-bond acceptors (Lipinski definition) is 2. The van der Waals surface area contributed by atoms with Gasteiger partial charge in [-0.15, -0.1) is 0 Å². The minimum atomic E-state index is -4.37. The monoisotopic (exact) mass is 272 g/mol. The van der Waals surface area contributed by atoms with Crippen molar-refractivity contribution >= 4 is 5.78 Å². The fourth-order valence-electron chi connectivity index (χ4n) is 2.26. The number of hydrogen-bond donors (Lipinski definition) is 0. The average molecular weight is 272 g/mol. The zero-order chi connectivity index (χ0) is 14.1. The average Bonchev–Trinajstić information content (AvgIpc) is 2.32. The van der Waals surface area contributed by atoms with Gasteiger partial charge in [-0.3, -0.25) is 4.79 Å². The molecule has 1 aliphatic rings. The molecule has 0 aromatic heterocycles. The van der Waals surface area contributed by atoms with Crippen LogP contribution in [0.25, 0.3) is 0 Å². The highest BCUT2D eigenvalue weighted by Crippen LogP contribution is 2.39. The van der Waals surface area contributed by atoms with E-state index in [9.17, 15) is 18.0 Å². The van der Waals surface area contributed by atoms with Crippen LogP contribution >= 0.6 is 0 Å². The molecule has 2 rings (SSSR count). The van der Waals surface area contributed by atoms with Crippen LogP contribution in [0.15, 0.2) is 24.3 Å². The summed E-state index contributed by atoms with van der Waals surface area (Å²) in [7, 11) is 1.57. The third-order valence-corrected chi connectivity index (χ3v) is 3.71. The molecule has 0 bridgehead atoms. The summed E-state index contributed by atoms with van der Waals surface area (Å²) in [4.78, 5) is 12.0. The Labute approximate surface area is 109 Å². The van der Waals surface area contributed by atoms with Crippen molar-refractivity contribution in [3.8, 4) is 0 Å². The number of alkyl halides is 3. The molecule has 0 aliphatic heterocycles. The van der Waals surface area contributed by atoms with Gasteiger partial charge >= 0.3 is 6.18 Å². The van der Waals surface area contributed by atoms with E-state index in [4.69, 9.17) is 4.74 Å². The number of halogens is 3. The highest BCUT2D eigenvalue weighted by Gasteiger charge is 2.39. The lowest BCUT2D eigenvalue weighted by molar-refractivity contribution is -0.137. The number of rotatable bonds is 4. The van der Waals surface area contributed by atoms with Crippen LogP contribution in [0.3, 0.4) is 0 Å². The molecule has 0 radical (unpaired) electrons. The van der Waals surface area contributed by atoms with E-state index in [0.29, 0.717) is 5.56 Å². The second-order valence-electron chi connectivity index (χ2n) is 4.92. The van der Waals surface area contributed by atoms with Crippen molar-refractivity contribution in [2.45, 2.75) is 37.5 Å². The zero-order valence-electron chi connectivity index (χ0n) is 10.6. The first-order valence-electron chi connectivity index (χ1n) is 6.12. The van der Waals surface area contributed by atoms with E-state index in [0.717, 1.165) is 31.4 Å². The molecule has 104 valence electrons. The Kier molecular flexibility index (Phi) is 3.67. The van der Waals surface area contributed by atoms with Gasteiger partial charge in [-0.2, -0.15) is 13.2 Å². The predicted octanol–water partition coefficient (Wildman–Crippen LogP) is 3.85. The Morgan fingerprint density at radius 3 is 2.21 bits per heavy atom. The Hall–Kier alpha value is -1.36. The lowest BCUT2D eigenvalue weighted by Gasteiger charge is -2.40. The molecule has 0 atom stereocenters. The number of ether oxygens (including phenoxy) is 1. The minimum absolute atomic E-state index is 0.171. The fourth-order valence-corrected chi connectivity index (χ4v) is 2.26. The summed E-state index contributed by atoms with van der Waals surface area (Å²) in [5.74, 6) is -0.171. The number of carbonyl (C=O) groups excluding carboxylic acids is 1. The van der Waals surface area contributed by atoms with Crippen LogP contribution < -0.4 is 0 Å². The number of ketones is 1. The number of carbonyl (C=O) groups is 1. The van der Waals surface area contributed by atoms with Crippen LogP contribution in [0.5, 0.6) is 0 Å². The minimum Gasteiger partial charge on any atom is -0.378 e. The van der Waals surface area contributed by atoms with Gasteiger partial charge in [-0.05, 0) is 31.4 Å². The van der Waals surface area contributed by atoms with Crippen LogP contribution in [0.1, 0.15) is 41.6 Å². The Morgan fingerprint density at radius 2 is 1.84 bits per heavy atom. The first kappa shape index (κ1) is 14.1. The standard InChI is InChI=1S/C14H15F3O2/c1-19-13(7-2-8-13)9-12(18)10-3-5-11(6-4-10)14(15,16)17/h3-6H,2,7-9H2,1H3. The van der Waals surface area contributed by atoms with Crippen LogP contribution in [0, 0.1) is 0 Å². The largest absolute Gasteiger partial charge is 0.416 e. The molecule has 0 saturated heterocycles. The summed E-state index contributed by atoms with van der Waals surface area (Å²) in [5, 5.41) is 0. The maximum absolute atomic E-state index is 12.4. The molecular formula is C14H15F3O2. The lowest BCUT2D eigenvalue weighted by atomic mass is 9.76. The predicted molar refractivity (Wildman–Crippen MR) is 64.0 cm³/mol. The number of methoxy groups -OCH3 is 1. The van der Waals surface area contributed by atoms with Gasteiger partial charge in [-0.25, -0.2) is 0 Å². The Bertz CT molecular complexity index is 453. The van der Waals surface area contributed by atoms with Crippen LogP contribution in [-0.2, 0) is 10.9 Å². The van der Waals surface area contributed by atoms with Crippen LogP contribution in [0.4, 0.5) is 13.2 Å². The van der Waals surface area contributed by atoms with Gasteiger partial charge in [0.25, 0.3) is 0 Å².